The molecule has 0 heterocycles. The third kappa shape index (κ3) is 12.3. The molecule has 0 saturated carbocycles. The Labute approximate surface area is 111 Å². The second-order valence-electron chi connectivity index (χ2n) is 4.39. The molecule has 0 aromatic carbocycles. The van der Waals surface area contributed by atoms with Crippen LogP contribution in [0.5, 0.6) is 0 Å². The fourth-order valence-corrected chi connectivity index (χ4v) is 1.86. The normalized spacial score (nSPS) is 13.7. The summed E-state index contributed by atoms with van der Waals surface area (Å²) < 4.78 is 39.8. The summed E-state index contributed by atoms with van der Waals surface area (Å²) in [6.07, 6.45) is 4.74. The zero-order chi connectivity index (χ0) is 13.9. The van der Waals surface area contributed by atoms with Crippen LogP contribution in [0.3, 0.4) is 0 Å². The van der Waals surface area contributed by atoms with E-state index in [2.05, 4.69) is 13.8 Å². The topological polar surface area (TPSA) is 72.8 Å². The van der Waals surface area contributed by atoms with Crippen LogP contribution in [-0.2, 0) is 19.6 Å². The first-order chi connectivity index (χ1) is 8.49. The molecule has 0 rings (SSSR count). The quantitative estimate of drug-likeness (QED) is 0.438. The van der Waals surface area contributed by atoms with E-state index in [4.69, 9.17) is 14.0 Å². The van der Waals surface area contributed by atoms with Gasteiger partial charge in [0.05, 0.1) is 25.6 Å². The highest BCUT2D eigenvalue weighted by atomic mass is 32.2. The lowest BCUT2D eigenvalue weighted by atomic mass is 10.0. The Morgan fingerprint density at radius 2 is 1.78 bits per heavy atom. The largest absolute Gasteiger partial charge is 0.379 e. The Morgan fingerprint density at radius 3 is 2.33 bits per heavy atom. The van der Waals surface area contributed by atoms with Crippen LogP contribution < -0.4 is 0 Å². The molecule has 110 valence electrons. The van der Waals surface area contributed by atoms with Gasteiger partial charge in [0.25, 0.3) is 10.1 Å². The van der Waals surface area contributed by atoms with E-state index >= 15 is 0 Å². The molecule has 1 N–H and O–H groups in total. The third-order valence-corrected chi connectivity index (χ3v) is 3.44. The molecule has 0 saturated heterocycles. The molecule has 0 bridgehead atoms. The zero-order valence-corrected chi connectivity index (χ0v) is 12.2. The highest BCUT2D eigenvalue weighted by Crippen LogP contribution is 2.12. The first-order valence-corrected chi connectivity index (χ1v) is 8.21. The number of hydrogen-bond acceptors (Lipinski definition) is 4. The maximum Gasteiger partial charge on any atom is 0.267 e. The first-order valence-electron chi connectivity index (χ1n) is 6.60. The fraction of sp³-hybridized carbons (Fsp3) is 1.00. The van der Waals surface area contributed by atoms with Gasteiger partial charge in [-0.3, -0.25) is 4.55 Å². The molecule has 0 aliphatic rings. The van der Waals surface area contributed by atoms with Gasteiger partial charge in [-0.1, -0.05) is 33.1 Å². The average Bonchev–Trinajstić information content (AvgIpc) is 2.30. The van der Waals surface area contributed by atoms with Gasteiger partial charge < -0.3 is 9.47 Å². The minimum Gasteiger partial charge on any atom is -0.379 e. The van der Waals surface area contributed by atoms with Crippen LogP contribution >= 0.6 is 0 Å². The van der Waals surface area contributed by atoms with Gasteiger partial charge in [0, 0.05) is 6.61 Å². The number of unbranched alkanes of at least 4 members (excludes halogenated alkanes) is 1. The van der Waals surface area contributed by atoms with Gasteiger partial charge in [-0.05, 0) is 12.3 Å². The van der Waals surface area contributed by atoms with E-state index in [0.717, 1.165) is 13.0 Å². The van der Waals surface area contributed by atoms with E-state index in [9.17, 15) is 8.42 Å². The third-order valence-electron chi connectivity index (χ3n) is 2.75. The summed E-state index contributed by atoms with van der Waals surface area (Å²) in [4.78, 5) is 0. The van der Waals surface area contributed by atoms with E-state index in [1.165, 1.54) is 19.3 Å². The number of ether oxygens (including phenoxy) is 2. The van der Waals surface area contributed by atoms with Crippen LogP contribution in [0.15, 0.2) is 0 Å². The SMILES string of the molecule is CCCCC(CC)COCCOCCS(=O)(=O)O. The Hall–Kier alpha value is -0.170. The molecule has 0 aliphatic heterocycles. The van der Waals surface area contributed by atoms with Crippen molar-refractivity contribution in [2.75, 3.05) is 32.2 Å². The lowest BCUT2D eigenvalue weighted by Gasteiger charge is -2.14. The van der Waals surface area contributed by atoms with E-state index in [-0.39, 0.29) is 12.4 Å². The molecule has 0 aliphatic carbocycles. The second kappa shape index (κ2) is 10.7. The van der Waals surface area contributed by atoms with Crippen molar-refractivity contribution in [2.45, 2.75) is 39.5 Å². The van der Waals surface area contributed by atoms with E-state index in [0.29, 0.717) is 19.1 Å². The Balaban J connectivity index is 3.38. The summed E-state index contributed by atoms with van der Waals surface area (Å²) in [5, 5.41) is 0. The number of rotatable bonds is 12. The highest BCUT2D eigenvalue weighted by molar-refractivity contribution is 7.85. The second-order valence-corrected chi connectivity index (χ2v) is 5.96. The zero-order valence-electron chi connectivity index (χ0n) is 11.4. The summed E-state index contributed by atoms with van der Waals surface area (Å²) in [5.74, 6) is 0.240. The fourth-order valence-electron chi connectivity index (χ4n) is 1.53. The Kier molecular flexibility index (Phi) is 10.6. The first kappa shape index (κ1) is 17.8. The van der Waals surface area contributed by atoms with Crippen LogP contribution in [0.1, 0.15) is 39.5 Å². The summed E-state index contributed by atoms with van der Waals surface area (Å²) in [6.45, 7) is 5.91. The van der Waals surface area contributed by atoms with Crippen LogP contribution in [0.4, 0.5) is 0 Å². The van der Waals surface area contributed by atoms with Crippen molar-refractivity contribution >= 4 is 10.1 Å². The molecule has 0 aromatic rings. The van der Waals surface area contributed by atoms with Crippen molar-refractivity contribution in [1.29, 1.82) is 0 Å². The minimum atomic E-state index is -3.91. The van der Waals surface area contributed by atoms with Crippen molar-refractivity contribution in [2.24, 2.45) is 5.92 Å². The molecule has 1 atom stereocenters. The maximum absolute atomic E-state index is 10.4. The van der Waals surface area contributed by atoms with Crippen LogP contribution in [-0.4, -0.2) is 45.2 Å². The standard InChI is InChI=1S/C12H26O5S/c1-3-5-6-12(4-2)11-17-8-7-16-9-10-18(13,14)15/h12H,3-11H2,1-2H3,(H,13,14,15). The van der Waals surface area contributed by atoms with E-state index in [1.54, 1.807) is 0 Å². The molecule has 0 radical (unpaired) electrons. The molecule has 0 amide bonds. The van der Waals surface area contributed by atoms with Gasteiger partial charge >= 0.3 is 0 Å². The van der Waals surface area contributed by atoms with Crippen molar-refractivity contribution in [3.8, 4) is 0 Å². The predicted molar refractivity (Wildman–Crippen MR) is 71.4 cm³/mol. The van der Waals surface area contributed by atoms with Gasteiger partial charge in [0.1, 0.15) is 0 Å². The van der Waals surface area contributed by atoms with E-state index < -0.39 is 10.1 Å². The van der Waals surface area contributed by atoms with Crippen molar-refractivity contribution in [3.05, 3.63) is 0 Å². The van der Waals surface area contributed by atoms with Gasteiger partial charge in [-0.25, -0.2) is 0 Å². The average molecular weight is 282 g/mol. The lowest BCUT2D eigenvalue weighted by Crippen LogP contribution is -2.15. The maximum atomic E-state index is 10.4. The monoisotopic (exact) mass is 282 g/mol. The lowest BCUT2D eigenvalue weighted by molar-refractivity contribution is 0.0354. The van der Waals surface area contributed by atoms with Gasteiger partial charge in [0.15, 0.2) is 0 Å². The van der Waals surface area contributed by atoms with Crippen LogP contribution in [0.2, 0.25) is 0 Å². The summed E-state index contributed by atoms with van der Waals surface area (Å²) >= 11 is 0. The van der Waals surface area contributed by atoms with Gasteiger partial charge in [-0.2, -0.15) is 8.42 Å². The van der Waals surface area contributed by atoms with Gasteiger partial charge in [-0.15, -0.1) is 0 Å². The highest BCUT2D eigenvalue weighted by Gasteiger charge is 2.06. The predicted octanol–water partition coefficient (Wildman–Crippen LogP) is 2.12. The summed E-state index contributed by atoms with van der Waals surface area (Å²) in [5.41, 5.74) is 0. The molecule has 18 heavy (non-hydrogen) atoms. The summed E-state index contributed by atoms with van der Waals surface area (Å²) in [7, 11) is -3.91. The van der Waals surface area contributed by atoms with Crippen molar-refractivity contribution in [3.63, 3.8) is 0 Å². The smallest absolute Gasteiger partial charge is 0.267 e. The molecule has 5 nitrogen and oxygen atoms in total. The van der Waals surface area contributed by atoms with Crippen molar-refractivity contribution < 1.29 is 22.4 Å². The Bertz CT molecular complexity index is 276. The number of hydrogen-bond donors (Lipinski definition) is 1. The molecule has 1 unspecified atom stereocenters. The molecule has 6 heteroatoms. The molecule has 0 spiro atoms. The molecule has 0 aromatic heterocycles. The minimum absolute atomic E-state index is 0.00916. The van der Waals surface area contributed by atoms with Gasteiger partial charge in [0.2, 0.25) is 0 Å². The van der Waals surface area contributed by atoms with Crippen LogP contribution in [0, 0.1) is 5.92 Å². The van der Waals surface area contributed by atoms with E-state index in [1.807, 2.05) is 0 Å². The molecular weight excluding hydrogens is 256 g/mol. The summed E-state index contributed by atoms with van der Waals surface area (Å²) in [6, 6.07) is 0. The Morgan fingerprint density at radius 1 is 1.11 bits per heavy atom. The van der Waals surface area contributed by atoms with Crippen LogP contribution in [0.25, 0.3) is 0 Å². The molecular formula is C12H26O5S. The van der Waals surface area contributed by atoms with Crippen molar-refractivity contribution in [1.82, 2.24) is 0 Å². The molecule has 0 fully saturated rings.